The molecule has 1 heterocycles. The molecule has 0 unspecified atom stereocenters. The summed E-state index contributed by atoms with van der Waals surface area (Å²) in [7, 11) is 0. The van der Waals surface area contributed by atoms with Gasteiger partial charge in [0.1, 0.15) is 11.5 Å². The van der Waals surface area contributed by atoms with Gasteiger partial charge >= 0.3 is 11.8 Å². The van der Waals surface area contributed by atoms with E-state index in [4.69, 9.17) is 4.42 Å². The standard InChI is InChI=1S/C16H24N2O3/c1-11-9-13(12(2)21-11)10-17-15(19)16(20)18-14-7-5-3-4-6-8-14/h9,14H,3-8,10H2,1-2H3,(H,17,19)(H,18,20). The largest absolute Gasteiger partial charge is 0.466 e. The summed E-state index contributed by atoms with van der Waals surface area (Å²) in [6.45, 7) is 4.03. The fourth-order valence-corrected chi connectivity index (χ4v) is 2.79. The van der Waals surface area contributed by atoms with Gasteiger partial charge in [0.05, 0.1) is 0 Å². The van der Waals surface area contributed by atoms with Gasteiger partial charge in [-0.3, -0.25) is 9.59 Å². The molecule has 0 saturated heterocycles. The lowest BCUT2D eigenvalue weighted by molar-refractivity contribution is -0.139. The topological polar surface area (TPSA) is 71.3 Å². The molecule has 2 amide bonds. The second kappa shape index (κ2) is 7.29. The lowest BCUT2D eigenvalue weighted by atomic mass is 10.1. The molecule has 0 atom stereocenters. The van der Waals surface area contributed by atoms with E-state index in [-0.39, 0.29) is 6.04 Å². The predicted octanol–water partition coefficient (Wildman–Crippen LogP) is 2.35. The highest BCUT2D eigenvalue weighted by atomic mass is 16.3. The fraction of sp³-hybridized carbons (Fsp3) is 0.625. The van der Waals surface area contributed by atoms with Crippen molar-refractivity contribution >= 4 is 11.8 Å². The Bertz CT molecular complexity index is 500. The normalized spacial score (nSPS) is 16.3. The maximum atomic E-state index is 11.9. The van der Waals surface area contributed by atoms with Gasteiger partial charge in [-0.05, 0) is 32.8 Å². The summed E-state index contributed by atoms with van der Waals surface area (Å²) in [4.78, 5) is 23.7. The first kappa shape index (κ1) is 15.6. The van der Waals surface area contributed by atoms with Gasteiger partial charge in [-0.2, -0.15) is 0 Å². The van der Waals surface area contributed by atoms with Gasteiger partial charge in [0, 0.05) is 18.2 Å². The van der Waals surface area contributed by atoms with E-state index >= 15 is 0 Å². The minimum absolute atomic E-state index is 0.142. The molecule has 116 valence electrons. The zero-order valence-electron chi connectivity index (χ0n) is 12.8. The first-order valence-corrected chi connectivity index (χ1v) is 7.71. The predicted molar refractivity (Wildman–Crippen MR) is 79.7 cm³/mol. The number of amides is 2. The van der Waals surface area contributed by atoms with E-state index in [0.29, 0.717) is 6.54 Å². The van der Waals surface area contributed by atoms with Crippen molar-refractivity contribution in [3.05, 3.63) is 23.2 Å². The van der Waals surface area contributed by atoms with Crippen LogP contribution in [0.1, 0.15) is 55.6 Å². The molecular weight excluding hydrogens is 268 g/mol. The number of carbonyl (C=O) groups excluding carboxylic acids is 2. The Labute approximate surface area is 125 Å². The third-order valence-corrected chi connectivity index (χ3v) is 3.98. The first-order chi connectivity index (χ1) is 10.1. The molecule has 0 bridgehead atoms. The van der Waals surface area contributed by atoms with Gasteiger partial charge in [-0.15, -0.1) is 0 Å². The van der Waals surface area contributed by atoms with Gasteiger partial charge < -0.3 is 15.1 Å². The van der Waals surface area contributed by atoms with Crippen LogP contribution in [-0.2, 0) is 16.1 Å². The number of nitrogens with one attached hydrogen (secondary N) is 2. The molecule has 21 heavy (non-hydrogen) atoms. The van der Waals surface area contributed by atoms with Gasteiger partial charge in [0.25, 0.3) is 0 Å². The van der Waals surface area contributed by atoms with E-state index in [1.54, 1.807) is 0 Å². The summed E-state index contributed by atoms with van der Waals surface area (Å²) < 4.78 is 5.39. The Hall–Kier alpha value is -1.78. The van der Waals surface area contributed by atoms with E-state index in [2.05, 4.69) is 10.6 Å². The molecule has 0 radical (unpaired) electrons. The number of rotatable bonds is 3. The van der Waals surface area contributed by atoms with Crippen LogP contribution in [0.4, 0.5) is 0 Å². The number of hydrogen-bond acceptors (Lipinski definition) is 3. The van der Waals surface area contributed by atoms with Crippen LogP contribution < -0.4 is 10.6 Å². The lowest BCUT2D eigenvalue weighted by Crippen LogP contribution is -2.44. The lowest BCUT2D eigenvalue weighted by Gasteiger charge is -2.15. The van der Waals surface area contributed by atoms with E-state index in [0.717, 1.165) is 42.8 Å². The van der Waals surface area contributed by atoms with Gasteiger partial charge in [0.15, 0.2) is 0 Å². The smallest absolute Gasteiger partial charge is 0.309 e. The average molecular weight is 292 g/mol. The second-order valence-corrected chi connectivity index (χ2v) is 5.78. The van der Waals surface area contributed by atoms with Crippen LogP contribution in [0.2, 0.25) is 0 Å². The zero-order valence-corrected chi connectivity index (χ0v) is 12.8. The molecule has 1 saturated carbocycles. The second-order valence-electron chi connectivity index (χ2n) is 5.78. The quantitative estimate of drug-likeness (QED) is 0.663. The third kappa shape index (κ3) is 4.62. The molecular formula is C16H24N2O3. The Balaban J connectivity index is 1.79. The SMILES string of the molecule is Cc1cc(CNC(=O)C(=O)NC2CCCCCC2)c(C)o1. The van der Waals surface area contributed by atoms with E-state index < -0.39 is 11.8 Å². The van der Waals surface area contributed by atoms with Crippen LogP contribution in [-0.4, -0.2) is 17.9 Å². The monoisotopic (exact) mass is 292 g/mol. The van der Waals surface area contributed by atoms with Crippen LogP contribution in [0.5, 0.6) is 0 Å². The molecule has 0 aliphatic heterocycles. The third-order valence-electron chi connectivity index (χ3n) is 3.98. The molecule has 1 aromatic rings. The summed E-state index contributed by atoms with van der Waals surface area (Å²) in [5.74, 6) is 0.480. The van der Waals surface area contributed by atoms with Crippen molar-refractivity contribution < 1.29 is 14.0 Å². The molecule has 1 aliphatic carbocycles. The van der Waals surface area contributed by atoms with Crippen molar-refractivity contribution in [1.82, 2.24) is 10.6 Å². The van der Waals surface area contributed by atoms with E-state index in [1.165, 1.54) is 12.8 Å². The van der Waals surface area contributed by atoms with Crippen LogP contribution in [0.3, 0.4) is 0 Å². The Kier molecular flexibility index (Phi) is 5.42. The molecule has 0 aromatic carbocycles. The number of aryl methyl sites for hydroxylation is 2. The van der Waals surface area contributed by atoms with Crippen LogP contribution in [0.25, 0.3) is 0 Å². The maximum Gasteiger partial charge on any atom is 0.309 e. The minimum Gasteiger partial charge on any atom is -0.466 e. The molecule has 2 rings (SSSR count). The molecule has 2 N–H and O–H groups in total. The summed E-state index contributed by atoms with van der Waals surface area (Å²) in [5, 5.41) is 5.49. The van der Waals surface area contributed by atoms with Gasteiger partial charge in [-0.25, -0.2) is 0 Å². The van der Waals surface area contributed by atoms with Crippen molar-refractivity contribution in [2.24, 2.45) is 0 Å². The van der Waals surface area contributed by atoms with Crippen LogP contribution in [0.15, 0.2) is 10.5 Å². The highest BCUT2D eigenvalue weighted by Crippen LogP contribution is 2.17. The maximum absolute atomic E-state index is 11.9. The molecule has 5 heteroatoms. The minimum atomic E-state index is -0.572. The van der Waals surface area contributed by atoms with Crippen molar-refractivity contribution in [1.29, 1.82) is 0 Å². The van der Waals surface area contributed by atoms with Gasteiger partial charge in [0.2, 0.25) is 0 Å². The summed E-state index contributed by atoms with van der Waals surface area (Å²) in [6, 6.07) is 2.02. The van der Waals surface area contributed by atoms with Crippen molar-refractivity contribution in [3.8, 4) is 0 Å². The molecule has 1 aromatic heterocycles. The Morgan fingerprint density at radius 1 is 1.14 bits per heavy atom. The van der Waals surface area contributed by atoms with E-state index in [9.17, 15) is 9.59 Å². The number of furan rings is 1. The Morgan fingerprint density at radius 2 is 1.81 bits per heavy atom. The molecule has 1 fully saturated rings. The Morgan fingerprint density at radius 3 is 2.38 bits per heavy atom. The fourth-order valence-electron chi connectivity index (χ4n) is 2.79. The van der Waals surface area contributed by atoms with Crippen molar-refractivity contribution in [3.63, 3.8) is 0 Å². The summed E-state index contributed by atoms with van der Waals surface area (Å²) in [5.41, 5.74) is 0.906. The molecule has 1 aliphatic rings. The highest BCUT2D eigenvalue weighted by Gasteiger charge is 2.19. The van der Waals surface area contributed by atoms with E-state index in [1.807, 2.05) is 19.9 Å². The van der Waals surface area contributed by atoms with Gasteiger partial charge in [-0.1, -0.05) is 25.7 Å². The number of hydrogen-bond donors (Lipinski definition) is 2. The molecule has 0 spiro atoms. The van der Waals surface area contributed by atoms with Crippen LogP contribution >= 0.6 is 0 Å². The van der Waals surface area contributed by atoms with Crippen molar-refractivity contribution in [2.45, 2.75) is 65.0 Å². The van der Waals surface area contributed by atoms with Crippen LogP contribution in [0, 0.1) is 13.8 Å². The zero-order chi connectivity index (χ0) is 15.2. The number of carbonyl (C=O) groups is 2. The van der Waals surface area contributed by atoms with Crippen molar-refractivity contribution in [2.75, 3.05) is 0 Å². The highest BCUT2D eigenvalue weighted by molar-refractivity contribution is 6.35. The average Bonchev–Trinajstić information content (AvgIpc) is 2.65. The molecule has 5 nitrogen and oxygen atoms in total. The first-order valence-electron chi connectivity index (χ1n) is 7.71. The summed E-state index contributed by atoms with van der Waals surface area (Å²) >= 11 is 0. The summed E-state index contributed by atoms with van der Waals surface area (Å²) in [6.07, 6.45) is 6.63.